The highest BCUT2D eigenvalue weighted by atomic mass is 19.1. The van der Waals surface area contributed by atoms with Gasteiger partial charge in [0.1, 0.15) is 6.10 Å². The third-order valence-corrected chi connectivity index (χ3v) is 2.41. The second-order valence-corrected chi connectivity index (χ2v) is 3.42. The zero-order valence-electron chi connectivity index (χ0n) is 8.77. The first-order valence-electron chi connectivity index (χ1n) is 4.87. The molecule has 3 nitrogen and oxygen atoms in total. The molecule has 1 unspecified atom stereocenters. The summed E-state index contributed by atoms with van der Waals surface area (Å²) in [6, 6.07) is 7.92. The van der Waals surface area contributed by atoms with Crippen LogP contribution in [0.2, 0.25) is 0 Å². The molecule has 0 fully saturated rings. The van der Waals surface area contributed by atoms with E-state index in [1.165, 1.54) is 19.2 Å². The molecule has 0 radical (unpaired) electrons. The molecule has 0 aliphatic heterocycles. The zero-order valence-corrected chi connectivity index (χ0v) is 8.77. The average molecular weight is 221 g/mol. The van der Waals surface area contributed by atoms with Crippen LogP contribution in [0, 0.1) is 5.82 Å². The molecular weight excluding hydrogens is 209 g/mol. The number of hydrogen-bond donors (Lipinski definition) is 2. The Balaban J connectivity index is 2.31. The fraction of sp³-hybridized carbons (Fsp3) is 0.167. The van der Waals surface area contributed by atoms with Gasteiger partial charge in [-0.15, -0.1) is 0 Å². The number of hydrogen-bond acceptors (Lipinski definition) is 2. The molecule has 1 atom stereocenters. The Morgan fingerprint density at radius 3 is 2.75 bits per heavy atom. The van der Waals surface area contributed by atoms with Crippen LogP contribution in [0.4, 0.5) is 4.39 Å². The van der Waals surface area contributed by atoms with E-state index < -0.39 is 11.9 Å². The van der Waals surface area contributed by atoms with Gasteiger partial charge in [-0.25, -0.2) is 4.39 Å². The van der Waals surface area contributed by atoms with Crippen molar-refractivity contribution in [2.24, 2.45) is 0 Å². The minimum atomic E-state index is -0.851. The minimum absolute atomic E-state index is 0.169. The standard InChI is InChI=1S/C12H12FNO2/c1-16-11-5-4-8(7-9(11)13)12(15)10-3-2-6-14-10/h2-7,12,14-15H,1H3. The van der Waals surface area contributed by atoms with Crippen molar-refractivity contribution in [2.75, 3.05) is 7.11 Å². The number of aliphatic hydroxyl groups excluding tert-OH is 1. The first-order chi connectivity index (χ1) is 7.72. The lowest BCUT2D eigenvalue weighted by Gasteiger charge is -2.10. The molecule has 0 amide bonds. The normalized spacial score (nSPS) is 12.4. The number of nitrogens with one attached hydrogen (secondary N) is 1. The first-order valence-corrected chi connectivity index (χ1v) is 4.87. The fourth-order valence-electron chi connectivity index (χ4n) is 1.55. The maximum absolute atomic E-state index is 13.4. The smallest absolute Gasteiger partial charge is 0.165 e. The number of methoxy groups -OCH3 is 1. The summed E-state index contributed by atoms with van der Waals surface area (Å²) in [5.41, 5.74) is 1.12. The summed E-state index contributed by atoms with van der Waals surface area (Å²) in [5.74, 6) is -0.312. The Hall–Kier alpha value is -1.81. The molecule has 1 aromatic heterocycles. The molecule has 0 saturated heterocycles. The number of H-pyrrole nitrogens is 1. The van der Waals surface area contributed by atoms with Crippen LogP contribution in [0.25, 0.3) is 0 Å². The summed E-state index contributed by atoms with van der Waals surface area (Å²) in [6.07, 6.45) is 0.855. The summed E-state index contributed by atoms with van der Waals surface area (Å²) in [6.45, 7) is 0. The predicted molar refractivity (Wildman–Crippen MR) is 57.8 cm³/mol. The van der Waals surface area contributed by atoms with Gasteiger partial charge in [0.25, 0.3) is 0 Å². The van der Waals surface area contributed by atoms with Crippen LogP contribution in [0.1, 0.15) is 17.4 Å². The third kappa shape index (κ3) is 1.92. The van der Waals surface area contributed by atoms with Crippen LogP contribution in [-0.2, 0) is 0 Å². The Morgan fingerprint density at radius 2 is 2.19 bits per heavy atom. The van der Waals surface area contributed by atoms with Crippen molar-refractivity contribution in [2.45, 2.75) is 6.10 Å². The number of aromatic nitrogens is 1. The largest absolute Gasteiger partial charge is 0.494 e. The molecule has 0 aliphatic rings. The van der Waals surface area contributed by atoms with E-state index in [9.17, 15) is 9.50 Å². The quantitative estimate of drug-likeness (QED) is 0.834. The molecule has 4 heteroatoms. The first kappa shape index (κ1) is 10.7. The third-order valence-electron chi connectivity index (χ3n) is 2.41. The monoisotopic (exact) mass is 221 g/mol. The van der Waals surface area contributed by atoms with Crippen molar-refractivity contribution in [3.63, 3.8) is 0 Å². The maximum atomic E-state index is 13.4. The van der Waals surface area contributed by atoms with Gasteiger partial charge in [-0.3, -0.25) is 0 Å². The second kappa shape index (κ2) is 4.37. The molecule has 2 N–H and O–H groups in total. The van der Waals surface area contributed by atoms with Gasteiger partial charge in [-0.05, 0) is 29.8 Å². The molecule has 16 heavy (non-hydrogen) atoms. The van der Waals surface area contributed by atoms with Crippen LogP contribution < -0.4 is 4.74 Å². The number of aromatic amines is 1. The van der Waals surface area contributed by atoms with Crippen molar-refractivity contribution in [3.8, 4) is 5.75 Å². The summed E-state index contributed by atoms with van der Waals surface area (Å²) in [4.78, 5) is 2.88. The van der Waals surface area contributed by atoms with Crippen LogP contribution >= 0.6 is 0 Å². The van der Waals surface area contributed by atoms with E-state index in [0.29, 0.717) is 11.3 Å². The van der Waals surface area contributed by atoms with E-state index in [-0.39, 0.29) is 5.75 Å². The highest BCUT2D eigenvalue weighted by molar-refractivity contribution is 5.33. The summed E-state index contributed by atoms with van der Waals surface area (Å²) >= 11 is 0. The Labute approximate surface area is 92.5 Å². The van der Waals surface area contributed by atoms with Gasteiger partial charge in [0.2, 0.25) is 0 Å². The molecule has 2 aromatic rings. The molecule has 0 spiro atoms. The van der Waals surface area contributed by atoms with E-state index in [2.05, 4.69) is 4.98 Å². The lowest BCUT2D eigenvalue weighted by atomic mass is 10.1. The minimum Gasteiger partial charge on any atom is -0.494 e. The highest BCUT2D eigenvalue weighted by Crippen LogP contribution is 2.25. The van der Waals surface area contributed by atoms with Crippen molar-refractivity contribution in [1.29, 1.82) is 0 Å². The summed E-state index contributed by atoms with van der Waals surface area (Å²) in [7, 11) is 1.40. The van der Waals surface area contributed by atoms with Gasteiger partial charge in [-0.2, -0.15) is 0 Å². The Bertz CT molecular complexity index is 468. The van der Waals surface area contributed by atoms with Crippen LogP contribution in [-0.4, -0.2) is 17.2 Å². The molecular formula is C12H12FNO2. The Morgan fingerprint density at radius 1 is 1.38 bits per heavy atom. The molecule has 1 heterocycles. The second-order valence-electron chi connectivity index (χ2n) is 3.42. The van der Waals surface area contributed by atoms with E-state index in [1.54, 1.807) is 24.4 Å². The van der Waals surface area contributed by atoms with Gasteiger partial charge in [0, 0.05) is 11.9 Å². The van der Waals surface area contributed by atoms with E-state index in [1.807, 2.05) is 0 Å². The van der Waals surface area contributed by atoms with Crippen molar-refractivity contribution >= 4 is 0 Å². The topological polar surface area (TPSA) is 45.2 Å². The van der Waals surface area contributed by atoms with Crippen molar-refractivity contribution in [3.05, 3.63) is 53.6 Å². The van der Waals surface area contributed by atoms with Crippen molar-refractivity contribution < 1.29 is 14.2 Å². The lowest BCUT2D eigenvalue weighted by Crippen LogP contribution is -2.01. The molecule has 1 aromatic carbocycles. The zero-order chi connectivity index (χ0) is 11.5. The number of aliphatic hydroxyl groups is 1. The van der Waals surface area contributed by atoms with Gasteiger partial charge in [0.15, 0.2) is 11.6 Å². The highest BCUT2D eigenvalue weighted by Gasteiger charge is 2.13. The molecule has 0 aliphatic carbocycles. The number of halogens is 1. The summed E-state index contributed by atoms with van der Waals surface area (Å²) < 4.78 is 18.2. The molecule has 0 bridgehead atoms. The van der Waals surface area contributed by atoms with Gasteiger partial charge in [0.05, 0.1) is 7.11 Å². The molecule has 84 valence electrons. The van der Waals surface area contributed by atoms with Gasteiger partial charge >= 0.3 is 0 Å². The van der Waals surface area contributed by atoms with Crippen LogP contribution in [0.15, 0.2) is 36.5 Å². The summed E-state index contributed by atoms with van der Waals surface area (Å²) in [5, 5.41) is 9.93. The number of rotatable bonds is 3. The molecule has 2 rings (SSSR count). The predicted octanol–water partition coefficient (Wildman–Crippen LogP) is 2.24. The van der Waals surface area contributed by atoms with Crippen LogP contribution in [0.3, 0.4) is 0 Å². The van der Waals surface area contributed by atoms with E-state index >= 15 is 0 Å². The van der Waals surface area contributed by atoms with Gasteiger partial charge < -0.3 is 14.8 Å². The number of benzene rings is 1. The van der Waals surface area contributed by atoms with E-state index in [4.69, 9.17) is 4.74 Å². The van der Waals surface area contributed by atoms with Crippen molar-refractivity contribution in [1.82, 2.24) is 4.98 Å². The van der Waals surface area contributed by atoms with Crippen LogP contribution in [0.5, 0.6) is 5.75 Å². The van der Waals surface area contributed by atoms with Gasteiger partial charge in [-0.1, -0.05) is 6.07 Å². The fourth-order valence-corrected chi connectivity index (χ4v) is 1.55. The SMILES string of the molecule is COc1ccc(C(O)c2ccc[nH]2)cc1F. The van der Waals surface area contributed by atoms with E-state index in [0.717, 1.165) is 0 Å². The lowest BCUT2D eigenvalue weighted by molar-refractivity contribution is 0.215. The Kier molecular flexibility index (Phi) is 2.92. The number of ether oxygens (including phenoxy) is 1. The average Bonchev–Trinajstić information content (AvgIpc) is 2.81. The molecule has 0 saturated carbocycles. The maximum Gasteiger partial charge on any atom is 0.165 e.